The minimum Gasteiger partial charge on any atom is -0.366 e. The van der Waals surface area contributed by atoms with Gasteiger partial charge in [-0.2, -0.15) is 4.31 Å². The molecule has 0 radical (unpaired) electrons. The van der Waals surface area contributed by atoms with Crippen LogP contribution >= 0.6 is 0 Å². The standard InChI is InChI=1S/C21H28N4O5S/c22-19(27)16-4-6-17(7-5-16)31(29,30)24-12-10-23(11-13-24)15-25-18(26)14-21(20(25)28)8-2-1-3-9-21/h4-7H,1-3,8-15H2,(H2,22,27). The normalized spacial score (nSPS) is 22.9. The molecule has 0 atom stereocenters. The molecule has 3 aliphatic rings. The summed E-state index contributed by atoms with van der Waals surface area (Å²) in [5.41, 5.74) is 4.95. The first-order chi connectivity index (χ1) is 14.7. The van der Waals surface area contributed by atoms with Crippen LogP contribution in [0.15, 0.2) is 29.2 Å². The van der Waals surface area contributed by atoms with Gasteiger partial charge in [-0.1, -0.05) is 19.3 Å². The Morgan fingerprint density at radius 3 is 2.16 bits per heavy atom. The molecule has 0 bridgehead atoms. The van der Waals surface area contributed by atoms with Crippen molar-refractivity contribution in [3.05, 3.63) is 29.8 Å². The zero-order valence-electron chi connectivity index (χ0n) is 17.5. The van der Waals surface area contributed by atoms with Crippen molar-refractivity contribution in [3.8, 4) is 0 Å². The molecule has 31 heavy (non-hydrogen) atoms. The van der Waals surface area contributed by atoms with Crippen LogP contribution in [-0.4, -0.2) is 73.1 Å². The van der Waals surface area contributed by atoms with Crippen molar-refractivity contribution in [2.24, 2.45) is 11.1 Å². The number of sulfonamides is 1. The quantitative estimate of drug-likeness (QED) is 0.664. The highest BCUT2D eigenvalue weighted by atomic mass is 32.2. The summed E-state index contributed by atoms with van der Waals surface area (Å²) in [5.74, 6) is -0.781. The minimum atomic E-state index is -3.69. The number of amides is 3. The first-order valence-electron chi connectivity index (χ1n) is 10.7. The molecule has 10 heteroatoms. The van der Waals surface area contributed by atoms with Crippen molar-refractivity contribution >= 4 is 27.7 Å². The molecule has 3 amide bonds. The summed E-state index contributed by atoms with van der Waals surface area (Å²) >= 11 is 0. The van der Waals surface area contributed by atoms with E-state index in [0.29, 0.717) is 19.5 Å². The zero-order chi connectivity index (χ0) is 22.2. The highest BCUT2D eigenvalue weighted by Gasteiger charge is 2.51. The Hall–Kier alpha value is -2.30. The SMILES string of the molecule is NC(=O)c1ccc(S(=O)(=O)N2CCN(CN3C(=O)CC4(CCCCC4)C3=O)CC2)cc1. The lowest BCUT2D eigenvalue weighted by molar-refractivity contribution is -0.145. The molecular weight excluding hydrogens is 420 g/mol. The van der Waals surface area contributed by atoms with Gasteiger partial charge in [0, 0.05) is 38.2 Å². The Labute approximate surface area is 182 Å². The maximum atomic E-state index is 13.0. The third-order valence-electron chi connectivity index (χ3n) is 6.75. The summed E-state index contributed by atoms with van der Waals surface area (Å²) < 4.78 is 27.2. The molecule has 2 heterocycles. The largest absolute Gasteiger partial charge is 0.366 e. The Balaban J connectivity index is 1.37. The van der Waals surface area contributed by atoms with E-state index in [4.69, 9.17) is 5.73 Å². The number of hydrogen-bond acceptors (Lipinski definition) is 6. The number of rotatable bonds is 5. The predicted molar refractivity (Wildman–Crippen MR) is 112 cm³/mol. The van der Waals surface area contributed by atoms with Crippen molar-refractivity contribution in [1.29, 1.82) is 0 Å². The van der Waals surface area contributed by atoms with Gasteiger partial charge in [-0.15, -0.1) is 0 Å². The van der Waals surface area contributed by atoms with Crippen LogP contribution in [-0.2, 0) is 19.6 Å². The molecule has 168 valence electrons. The van der Waals surface area contributed by atoms with E-state index in [2.05, 4.69) is 0 Å². The van der Waals surface area contributed by atoms with E-state index in [1.165, 1.54) is 33.5 Å². The Kier molecular flexibility index (Phi) is 5.89. The van der Waals surface area contributed by atoms with E-state index in [-0.39, 0.29) is 42.0 Å². The number of benzene rings is 1. The number of piperazine rings is 1. The fourth-order valence-corrected chi connectivity index (χ4v) is 6.30. The van der Waals surface area contributed by atoms with Crippen molar-refractivity contribution < 1.29 is 22.8 Å². The first kappa shape index (κ1) is 21.9. The van der Waals surface area contributed by atoms with Crippen molar-refractivity contribution in [2.75, 3.05) is 32.8 Å². The lowest BCUT2D eigenvalue weighted by Gasteiger charge is -2.36. The maximum absolute atomic E-state index is 13.0. The molecule has 4 rings (SSSR count). The summed E-state index contributed by atoms with van der Waals surface area (Å²) in [7, 11) is -3.69. The van der Waals surface area contributed by atoms with Crippen LogP contribution in [0, 0.1) is 5.41 Å². The van der Waals surface area contributed by atoms with Crippen LogP contribution in [0.2, 0.25) is 0 Å². The number of hydrogen-bond donors (Lipinski definition) is 1. The third-order valence-corrected chi connectivity index (χ3v) is 8.66. The van der Waals surface area contributed by atoms with Gasteiger partial charge in [0.25, 0.3) is 0 Å². The van der Waals surface area contributed by atoms with Gasteiger partial charge >= 0.3 is 0 Å². The van der Waals surface area contributed by atoms with E-state index in [1.807, 2.05) is 4.90 Å². The van der Waals surface area contributed by atoms with Crippen LogP contribution in [0.25, 0.3) is 0 Å². The summed E-state index contributed by atoms with van der Waals surface area (Å²) in [6.45, 7) is 1.62. The van der Waals surface area contributed by atoms with E-state index in [0.717, 1.165) is 32.1 Å². The lowest BCUT2D eigenvalue weighted by atomic mass is 9.73. The van der Waals surface area contributed by atoms with Gasteiger partial charge in [0.1, 0.15) is 0 Å². The van der Waals surface area contributed by atoms with Crippen molar-refractivity contribution in [3.63, 3.8) is 0 Å². The molecule has 1 aromatic rings. The van der Waals surface area contributed by atoms with Crippen LogP contribution in [0.5, 0.6) is 0 Å². The number of carbonyl (C=O) groups excluding carboxylic acids is 3. The van der Waals surface area contributed by atoms with Crippen LogP contribution < -0.4 is 5.73 Å². The van der Waals surface area contributed by atoms with E-state index >= 15 is 0 Å². The molecule has 1 aromatic carbocycles. The maximum Gasteiger partial charge on any atom is 0.248 e. The number of nitrogens with zero attached hydrogens (tertiary/aromatic N) is 3. The van der Waals surface area contributed by atoms with Gasteiger partial charge in [-0.3, -0.25) is 24.2 Å². The third kappa shape index (κ3) is 4.11. The fraction of sp³-hybridized carbons (Fsp3) is 0.571. The number of nitrogens with two attached hydrogens (primary N) is 1. The Morgan fingerprint density at radius 2 is 1.58 bits per heavy atom. The summed E-state index contributed by atoms with van der Waals surface area (Å²) in [6.07, 6.45) is 4.98. The molecular formula is C21H28N4O5S. The highest BCUT2D eigenvalue weighted by Crippen LogP contribution is 2.45. The monoisotopic (exact) mass is 448 g/mol. The fourth-order valence-electron chi connectivity index (χ4n) is 4.87. The Bertz CT molecular complexity index is 978. The van der Waals surface area contributed by atoms with Crippen LogP contribution in [0.3, 0.4) is 0 Å². The first-order valence-corrected chi connectivity index (χ1v) is 12.1. The molecule has 2 N–H and O–H groups in total. The molecule has 2 aliphatic heterocycles. The second-order valence-electron chi connectivity index (χ2n) is 8.70. The summed E-state index contributed by atoms with van der Waals surface area (Å²) in [5, 5.41) is 0. The highest BCUT2D eigenvalue weighted by molar-refractivity contribution is 7.89. The number of carbonyl (C=O) groups is 3. The van der Waals surface area contributed by atoms with Gasteiger partial charge in [0.05, 0.1) is 17.0 Å². The summed E-state index contributed by atoms with van der Waals surface area (Å²) in [6, 6.07) is 5.56. The second-order valence-corrected chi connectivity index (χ2v) is 10.6. The van der Waals surface area contributed by atoms with Crippen molar-refractivity contribution in [1.82, 2.24) is 14.1 Å². The number of imide groups is 1. The molecule has 1 aliphatic carbocycles. The predicted octanol–water partition coefficient (Wildman–Crippen LogP) is 0.759. The minimum absolute atomic E-state index is 0.0539. The van der Waals surface area contributed by atoms with Gasteiger partial charge in [-0.05, 0) is 37.1 Å². The smallest absolute Gasteiger partial charge is 0.248 e. The average Bonchev–Trinajstić information content (AvgIpc) is 2.98. The average molecular weight is 449 g/mol. The van der Waals surface area contributed by atoms with E-state index < -0.39 is 21.3 Å². The van der Waals surface area contributed by atoms with Gasteiger partial charge < -0.3 is 5.73 Å². The summed E-state index contributed by atoms with van der Waals surface area (Å²) in [4.78, 5) is 40.2. The van der Waals surface area contributed by atoms with E-state index in [9.17, 15) is 22.8 Å². The molecule has 0 aromatic heterocycles. The van der Waals surface area contributed by atoms with Gasteiger partial charge in [-0.25, -0.2) is 8.42 Å². The van der Waals surface area contributed by atoms with E-state index in [1.54, 1.807) is 0 Å². The molecule has 2 saturated heterocycles. The zero-order valence-corrected chi connectivity index (χ0v) is 18.3. The van der Waals surface area contributed by atoms with Gasteiger partial charge in [0.15, 0.2) is 0 Å². The lowest BCUT2D eigenvalue weighted by Crippen LogP contribution is -2.52. The second kappa shape index (κ2) is 8.33. The number of likely N-dealkylation sites (tertiary alicyclic amines) is 1. The topological polar surface area (TPSA) is 121 Å². The van der Waals surface area contributed by atoms with Crippen molar-refractivity contribution in [2.45, 2.75) is 43.4 Å². The molecule has 1 saturated carbocycles. The van der Waals surface area contributed by atoms with Crippen LogP contribution in [0.4, 0.5) is 0 Å². The Morgan fingerprint density at radius 1 is 0.968 bits per heavy atom. The molecule has 3 fully saturated rings. The van der Waals surface area contributed by atoms with Crippen LogP contribution in [0.1, 0.15) is 48.9 Å². The van der Waals surface area contributed by atoms with Gasteiger partial charge in [0.2, 0.25) is 27.7 Å². The number of primary amides is 1. The molecule has 0 unspecified atom stereocenters. The molecule has 1 spiro atoms. The molecule has 9 nitrogen and oxygen atoms in total.